The zero-order valence-electron chi connectivity index (χ0n) is 5.39. The molecule has 0 amide bonds. The largest absolute Gasteiger partial charge is 0.372 e. The molecule has 0 bridgehead atoms. The fourth-order valence-electron chi connectivity index (χ4n) is 0.854. The highest BCUT2D eigenvalue weighted by molar-refractivity contribution is 7.80. The van der Waals surface area contributed by atoms with Crippen LogP contribution in [0.2, 0.25) is 0 Å². The van der Waals surface area contributed by atoms with Crippen LogP contribution >= 0.6 is 12.6 Å². The van der Waals surface area contributed by atoms with E-state index in [0.29, 0.717) is 0 Å². The predicted molar refractivity (Wildman–Crippen MR) is 42.0 cm³/mol. The Labute approximate surface area is 61.2 Å². The molecule has 0 atom stereocenters. The number of aliphatic imine (C=N–C) groups is 1. The Hall–Kier alpha value is -0.180. The van der Waals surface area contributed by atoms with E-state index in [-0.39, 0.29) is 0 Å². The van der Waals surface area contributed by atoms with Crippen molar-refractivity contribution in [1.29, 1.82) is 0 Å². The van der Waals surface area contributed by atoms with Crippen LogP contribution in [0.25, 0.3) is 0 Å². The molecule has 51 valence electrons. The minimum atomic E-state index is 0.848. The van der Waals surface area contributed by atoms with Crippen molar-refractivity contribution < 1.29 is 0 Å². The minimum Gasteiger partial charge on any atom is -0.372 e. The van der Waals surface area contributed by atoms with Gasteiger partial charge in [0.2, 0.25) is 0 Å². The van der Waals surface area contributed by atoms with Crippen molar-refractivity contribution in [3.8, 4) is 0 Å². The summed E-state index contributed by atoms with van der Waals surface area (Å²) in [5, 5.41) is 3.20. The van der Waals surface area contributed by atoms with Gasteiger partial charge in [0.05, 0.1) is 12.4 Å². The molecule has 0 saturated heterocycles. The van der Waals surface area contributed by atoms with Crippen molar-refractivity contribution in [3.05, 3.63) is 0 Å². The Morgan fingerprint density at radius 2 is 2.56 bits per heavy atom. The maximum absolute atomic E-state index is 4.80. The lowest BCUT2D eigenvalue weighted by atomic mass is 10.3. The smallest absolute Gasteiger partial charge is 0.0964 e. The third-order valence-electron chi connectivity index (χ3n) is 1.30. The first kappa shape index (κ1) is 6.93. The van der Waals surface area contributed by atoms with Crippen LogP contribution in [0.5, 0.6) is 0 Å². The molecular weight excluding hydrogens is 132 g/mol. The van der Waals surface area contributed by atoms with Crippen LogP contribution in [0.1, 0.15) is 12.8 Å². The van der Waals surface area contributed by atoms with Crippen LogP contribution in [-0.2, 0) is 0 Å². The van der Waals surface area contributed by atoms with E-state index in [1.165, 1.54) is 0 Å². The van der Waals surface area contributed by atoms with Gasteiger partial charge in [0.25, 0.3) is 0 Å². The SMILES string of the molecule is [S]CCCC1=NCCN1. The summed E-state index contributed by atoms with van der Waals surface area (Å²) in [5.74, 6) is 2.00. The Kier molecular flexibility index (Phi) is 2.91. The van der Waals surface area contributed by atoms with E-state index in [1.54, 1.807) is 0 Å². The van der Waals surface area contributed by atoms with Crippen molar-refractivity contribution in [2.75, 3.05) is 18.8 Å². The molecule has 1 rings (SSSR count). The maximum Gasteiger partial charge on any atom is 0.0964 e. The second-order valence-corrected chi connectivity index (χ2v) is 2.47. The lowest BCUT2D eigenvalue weighted by Crippen LogP contribution is -2.18. The monoisotopic (exact) mass is 143 g/mol. The van der Waals surface area contributed by atoms with Crippen molar-refractivity contribution in [3.63, 3.8) is 0 Å². The van der Waals surface area contributed by atoms with Crippen LogP contribution in [0.3, 0.4) is 0 Å². The minimum absolute atomic E-state index is 0.848. The topological polar surface area (TPSA) is 24.4 Å². The molecule has 1 N–H and O–H groups in total. The molecule has 1 aliphatic heterocycles. The van der Waals surface area contributed by atoms with Gasteiger partial charge in [-0.2, -0.15) is 0 Å². The summed E-state index contributed by atoms with van der Waals surface area (Å²) in [6.07, 6.45) is 2.13. The lowest BCUT2D eigenvalue weighted by molar-refractivity contribution is 0.927. The molecule has 0 saturated carbocycles. The average Bonchev–Trinajstić information content (AvgIpc) is 2.34. The predicted octanol–water partition coefficient (Wildman–Crippen LogP) is 0.966. The first-order valence-corrected chi connectivity index (χ1v) is 3.86. The molecule has 0 aliphatic carbocycles. The zero-order valence-corrected chi connectivity index (χ0v) is 6.21. The summed E-state index contributed by atoms with van der Waals surface area (Å²) in [4.78, 5) is 4.23. The molecule has 2 nitrogen and oxygen atoms in total. The highest BCUT2D eigenvalue weighted by Gasteiger charge is 2.02. The summed E-state index contributed by atoms with van der Waals surface area (Å²) >= 11 is 4.80. The molecule has 0 spiro atoms. The second kappa shape index (κ2) is 3.77. The molecule has 0 unspecified atom stereocenters. The highest BCUT2D eigenvalue weighted by Crippen LogP contribution is 1.96. The lowest BCUT2D eigenvalue weighted by Gasteiger charge is -1.97. The van der Waals surface area contributed by atoms with Crippen LogP contribution in [0.4, 0.5) is 0 Å². The van der Waals surface area contributed by atoms with Gasteiger partial charge < -0.3 is 5.32 Å². The summed E-state index contributed by atoms with van der Waals surface area (Å²) in [6.45, 7) is 1.97. The fraction of sp³-hybridized carbons (Fsp3) is 0.833. The first-order valence-electron chi connectivity index (χ1n) is 3.29. The molecule has 1 radical (unpaired) electrons. The quantitative estimate of drug-likeness (QED) is 0.625. The first-order chi connectivity index (χ1) is 4.43. The van der Waals surface area contributed by atoms with Crippen molar-refractivity contribution in [1.82, 2.24) is 5.32 Å². The van der Waals surface area contributed by atoms with Crippen molar-refractivity contribution in [2.24, 2.45) is 4.99 Å². The van der Waals surface area contributed by atoms with E-state index in [1.807, 2.05) is 0 Å². The molecule has 0 aromatic rings. The number of nitrogens with one attached hydrogen (secondary N) is 1. The van der Waals surface area contributed by atoms with Gasteiger partial charge in [-0.1, -0.05) is 12.6 Å². The maximum atomic E-state index is 4.80. The molecule has 1 aliphatic rings. The van der Waals surface area contributed by atoms with E-state index < -0.39 is 0 Å². The van der Waals surface area contributed by atoms with E-state index >= 15 is 0 Å². The number of rotatable bonds is 3. The van der Waals surface area contributed by atoms with Crippen molar-refractivity contribution >= 4 is 18.5 Å². The van der Waals surface area contributed by atoms with Gasteiger partial charge >= 0.3 is 0 Å². The van der Waals surface area contributed by atoms with E-state index in [0.717, 1.165) is 37.5 Å². The van der Waals surface area contributed by atoms with Gasteiger partial charge in [0.1, 0.15) is 0 Å². The van der Waals surface area contributed by atoms with Gasteiger partial charge in [-0.3, -0.25) is 4.99 Å². The normalized spacial score (nSPS) is 17.2. The fourth-order valence-corrected chi connectivity index (χ4v) is 0.998. The summed E-state index contributed by atoms with van der Waals surface area (Å²) in [7, 11) is 0. The third kappa shape index (κ3) is 2.26. The number of hydrogen-bond acceptors (Lipinski definition) is 2. The highest BCUT2D eigenvalue weighted by atomic mass is 32.1. The van der Waals surface area contributed by atoms with Crippen molar-refractivity contribution in [2.45, 2.75) is 12.8 Å². The van der Waals surface area contributed by atoms with Gasteiger partial charge in [-0.05, 0) is 6.42 Å². The Bertz CT molecular complexity index is 112. The van der Waals surface area contributed by atoms with Gasteiger partial charge in [0.15, 0.2) is 0 Å². The molecular formula is C6H11N2S. The molecule has 0 aromatic carbocycles. The van der Waals surface area contributed by atoms with Crippen LogP contribution < -0.4 is 5.32 Å². The Morgan fingerprint density at radius 1 is 1.67 bits per heavy atom. The molecule has 3 heteroatoms. The summed E-state index contributed by atoms with van der Waals surface area (Å²) < 4.78 is 0. The third-order valence-corrected chi connectivity index (χ3v) is 1.59. The summed E-state index contributed by atoms with van der Waals surface area (Å²) in [6, 6.07) is 0. The molecule has 9 heavy (non-hydrogen) atoms. The van der Waals surface area contributed by atoms with Gasteiger partial charge in [-0.25, -0.2) is 0 Å². The van der Waals surface area contributed by atoms with Gasteiger partial charge in [-0.15, -0.1) is 0 Å². The summed E-state index contributed by atoms with van der Waals surface area (Å²) in [5.41, 5.74) is 0. The zero-order chi connectivity index (χ0) is 6.53. The van der Waals surface area contributed by atoms with Crippen LogP contribution in [0, 0.1) is 0 Å². The molecule has 0 fully saturated rings. The van der Waals surface area contributed by atoms with E-state index in [9.17, 15) is 0 Å². The number of amidine groups is 1. The Balaban J connectivity index is 2.11. The standard InChI is InChI=1S/C6H11N2S/c9-5-1-2-6-7-3-4-8-6/h1-5H2,(H,7,8). The Morgan fingerprint density at radius 3 is 3.11 bits per heavy atom. The molecule has 0 aromatic heterocycles. The van der Waals surface area contributed by atoms with E-state index in [4.69, 9.17) is 12.6 Å². The number of hydrogen-bond donors (Lipinski definition) is 1. The van der Waals surface area contributed by atoms with Gasteiger partial charge in [0, 0.05) is 18.7 Å². The average molecular weight is 143 g/mol. The molecule has 1 heterocycles. The van der Waals surface area contributed by atoms with E-state index in [2.05, 4.69) is 10.3 Å². The second-order valence-electron chi connectivity index (χ2n) is 2.06. The number of nitrogens with zero attached hydrogens (tertiary/aromatic N) is 1. The van der Waals surface area contributed by atoms with Crippen LogP contribution in [-0.4, -0.2) is 24.7 Å². The van der Waals surface area contributed by atoms with Crippen LogP contribution in [0.15, 0.2) is 4.99 Å².